The Kier molecular flexibility index (Phi) is 2.55. The highest BCUT2D eigenvalue weighted by Gasteiger charge is 2.16. The molecule has 0 radical (unpaired) electrons. The Hall–Kier alpha value is -2.37. The van der Waals surface area contributed by atoms with Crippen LogP contribution in [0.2, 0.25) is 0 Å². The van der Waals surface area contributed by atoms with Crippen molar-refractivity contribution in [2.45, 2.75) is 0 Å². The van der Waals surface area contributed by atoms with Crippen molar-refractivity contribution in [3.63, 3.8) is 0 Å². The van der Waals surface area contributed by atoms with Crippen LogP contribution in [0.1, 0.15) is 10.5 Å². The zero-order valence-electron chi connectivity index (χ0n) is 8.88. The van der Waals surface area contributed by atoms with Crippen LogP contribution in [0.3, 0.4) is 0 Å². The molecule has 0 saturated carbocycles. The third kappa shape index (κ3) is 1.84. The molecule has 0 spiro atoms. The smallest absolute Gasteiger partial charge is 0.356 e. The maximum atomic E-state index is 13.2. The molecule has 0 saturated heterocycles. The molecule has 2 N–H and O–H groups in total. The summed E-state index contributed by atoms with van der Waals surface area (Å²) in [6.45, 7) is 0. The summed E-state index contributed by atoms with van der Waals surface area (Å²) in [5.74, 6) is -2.46. The minimum atomic E-state index is -1.18. The normalized spacial score (nSPS) is 10.5. The number of rotatable bonds is 2. The molecule has 0 aliphatic rings. The van der Waals surface area contributed by atoms with Crippen LogP contribution in [-0.2, 0) is 7.05 Å². The zero-order valence-corrected chi connectivity index (χ0v) is 8.88. The number of aromatic hydroxyl groups is 1. The predicted octanol–water partition coefficient (Wildman–Crippen LogP) is 1.63. The van der Waals surface area contributed by atoms with E-state index in [9.17, 15) is 14.3 Å². The maximum Gasteiger partial charge on any atom is 0.356 e. The van der Waals surface area contributed by atoms with E-state index in [-0.39, 0.29) is 11.3 Å². The van der Waals surface area contributed by atoms with E-state index in [0.717, 1.165) is 6.07 Å². The van der Waals surface area contributed by atoms with E-state index in [1.807, 2.05) is 0 Å². The molecule has 0 aliphatic carbocycles. The minimum Gasteiger partial charge on any atom is -0.504 e. The molecule has 0 aliphatic heterocycles. The molecule has 0 bridgehead atoms. The standard InChI is InChI=1S/C11H9FN2O3/c1-14-9(5-8(13-14)11(16)17)6-3-2-4-7(12)10(6)15/h2-5,15H,1H3,(H,16,17). The van der Waals surface area contributed by atoms with Gasteiger partial charge in [0.1, 0.15) is 0 Å². The summed E-state index contributed by atoms with van der Waals surface area (Å²) in [6, 6.07) is 5.31. The lowest BCUT2D eigenvalue weighted by atomic mass is 10.1. The zero-order chi connectivity index (χ0) is 12.6. The number of hydrogen-bond acceptors (Lipinski definition) is 3. The molecule has 2 rings (SSSR count). The number of benzene rings is 1. The van der Waals surface area contributed by atoms with E-state index in [4.69, 9.17) is 5.11 Å². The number of carboxylic acid groups (broad SMARTS) is 1. The predicted molar refractivity (Wildman–Crippen MR) is 57.2 cm³/mol. The SMILES string of the molecule is Cn1nc(C(=O)O)cc1-c1cccc(F)c1O. The topological polar surface area (TPSA) is 75.4 Å². The Morgan fingerprint density at radius 2 is 2.18 bits per heavy atom. The summed E-state index contributed by atoms with van der Waals surface area (Å²) in [4.78, 5) is 10.7. The fourth-order valence-electron chi connectivity index (χ4n) is 1.55. The lowest BCUT2D eigenvalue weighted by Gasteiger charge is -2.04. The summed E-state index contributed by atoms with van der Waals surface area (Å²) in [6.07, 6.45) is 0. The number of phenolic OH excluding ortho intramolecular Hbond substituents is 1. The highest BCUT2D eigenvalue weighted by molar-refractivity contribution is 5.87. The van der Waals surface area contributed by atoms with Gasteiger partial charge < -0.3 is 10.2 Å². The number of aryl methyl sites for hydroxylation is 1. The van der Waals surface area contributed by atoms with Gasteiger partial charge in [0.05, 0.1) is 5.69 Å². The van der Waals surface area contributed by atoms with Crippen molar-refractivity contribution in [3.05, 3.63) is 35.8 Å². The van der Waals surface area contributed by atoms with E-state index < -0.39 is 17.5 Å². The first-order chi connectivity index (χ1) is 8.00. The van der Waals surface area contributed by atoms with Crippen molar-refractivity contribution < 1.29 is 19.4 Å². The molecule has 88 valence electrons. The van der Waals surface area contributed by atoms with Crippen LogP contribution in [0.25, 0.3) is 11.3 Å². The van der Waals surface area contributed by atoms with Gasteiger partial charge in [0.2, 0.25) is 0 Å². The quantitative estimate of drug-likeness (QED) is 0.830. The molecule has 1 aromatic heterocycles. The van der Waals surface area contributed by atoms with Crippen molar-refractivity contribution >= 4 is 5.97 Å². The third-order valence-corrected chi connectivity index (χ3v) is 2.36. The Morgan fingerprint density at radius 3 is 2.76 bits per heavy atom. The van der Waals surface area contributed by atoms with E-state index in [0.29, 0.717) is 5.69 Å². The second-order valence-electron chi connectivity index (χ2n) is 3.48. The van der Waals surface area contributed by atoms with Crippen molar-refractivity contribution in [3.8, 4) is 17.0 Å². The molecule has 1 heterocycles. The molecule has 0 amide bonds. The Bertz CT molecular complexity index is 592. The van der Waals surface area contributed by atoms with Crippen LogP contribution in [0.5, 0.6) is 5.75 Å². The van der Waals surface area contributed by atoms with Gasteiger partial charge in [-0.25, -0.2) is 9.18 Å². The minimum absolute atomic E-state index is 0.161. The first-order valence-corrected chi connectivity index (χ1v) is 4.76. The molecule has 1 aromatic carbocycles. The monoisotopic (exact) mass is 236 g/mol. The van der Waals surface area contributed by atoms with Gasteiger partial charge in [-0.15, -0.1) is 0 Å². The fraction of sp³-hybridized carbons (Fsp3) is 0.0909. The molecule has 0 fully saturated rings. The van der Waals surface area contributed by atoms with E-state index >= 15 is 0 Å². The Labute approximate surface area is 95.7 Å². The average molecular weight is 236 g/mol. The molecule has 2 aromatic rings. The molecule has 5 nitrogen and oxygen atoms in total. The average Bonchev–Trinajstić information content (AvgIpc) is 2.65. The molecule has 17 heavy (non-hydrogen) atoms. The maximum absolute atomic E-state index is 13.2. The number of hydrogen-bond donors (Lipinski definition) is 2. The molecular formula is C11H9FN2O3. The molecule has 0 unspecified atom stereocenters. The number of aromatic carboxylic acids is 1. The second kappa shape index (κ2) is 3.89. The van der Waals surface area contributed by atoms with Gasteiger partial charge in [0.25, 0.3) is 0 Å². The van der Waals surface area contributed by atoms with Gasteiger partial charge >= 0.3 is 5.97 Å². The van der Waals surface area contributed by atoms with Gasteiger partial charge in [-0.2, -0.15) is 5.10 Å². The highest BCUT2D eigenvalue weighted by Crippen LogP contribution is 2.31. The number of aromatic nitrogens is 2. The van der Waals surface area contributed by atoms with Gasteiger partial charge in [0.15, 0.2) is 17.3 Å². The number of para-hydroxylation sites is 1. The van der Waals surface area contributed by atoms with Gasteiger partial charge in [-0.05, 0) is 18.2 Å². The van der Waals surface area contributed by atoms with Crippen LogP contribution < -0.4 is 0 Å². The molecule has 6 heteroatoms. The summed E-state index contributed by atoms with van der Waals surface area (Å²) < 4.78 is 14.4. The highest BCUT2D eigenvalue weighted by atomic mass is 19.1. The van der Waals surface area contributed by atoms with Crippen molar-refractivity contribution in [2.24, 2.45) is 7.05 Å². The molecular weight excluding hydrogens is 227 g/mol. The lowest BCUT2D eigenvalue weighted by molar-refractivity contribution is 0.0689. The Balaban J connectivity index is 2.60. The van der Waals surface area contributed by atoms with Gasteiger partial charge in [-0.3, -0.25) is 4.68 Å². The number of carbonyl (C=O) groups is 1. The van der Waals surface area contributed by atoms with E-state index in [2.05, 4.69) is 5.10 Å². The van der Waals surface area contributed by atoms with Crippen LogP contribution >= 0.6 is 0 Å². The summed E-state index contributed by atoms with van der Waals surface area (Å²) >= 11 is 0. The van der Waals surface area contributed by atoms with Gasteiger partial charge in [-0.1, -0.05) is 6.07 Å². The third-order valence-electron chi connectivity index (χ3n) is 2.36. The number of phenols is 1. The molecule has 0 atom stereocenters. The van der Waals surface area contributed by atoms with Crippen LogP contribution in [0.4, 0.5) is 4.39 Å². The van der Waals surface area contributed by atoms with Crippen molar-refractivity contribution in [1.82, 2.24) is 9.78 Å². The second-order valence-corrected chi connectivity index (χ2v) is 3.48. The number of nitrogens with zero attached hydrogens (tertiary/aromatic N) is 2. The summed E-state index contributed by atoms with van der Waals surface area (Å²) in [7, 11) is 1.52. The first kappa shape index (κ1) is 11.1. The fourth-order valence-corrected chi connectivity index (χ4v) is 1.55. The van der Waals surface area contributed by atoms with Crippen molar-refractivity contribution in [1.29, 1.82) is 0 Å². The van der Waals surface area contributed by atoms with Crippen LogP contribution in [0.15, 0.2) is 24.3 Å². The number of carboxylic acids is 1. The summed E-state index contributed by atoms with van der Waals surface area (Å²) in [5.41, 5.74) is 0.373. The lowest BCUT2D eigenvalue weighted by Crippen LogP contribution is -1.99. The van der Waals surface area contributed by atoms with Crippen molar-refractivity contribution in [2.75, 3.05) is 0 Å². The van der Waals surface area contributed by atoms with Gasteiger partial charge in [0, 0.05) is 12.6 Å². The largest absolute Gasteiger partial charge is 0.504 e. The number of halogens is 1. The summed E-state index contributed by atoms with van der Waals surface area (Å²) in [5, 5.41) is 22.1. The first-order valence-electron chi connectivity index (χ1n) is 4.76. The van der Waals surface area contributed by atoms with Crippen LogP contribution in [-0.4, -0.2) is 26.0 Å². The van der Waals surface area contributed by atoms with E-state index in [1.165, 1.54) is 29.9 Å². The Morgan fingerprint density at radius 1 is 1.47 bits per heavy atom. The van der Waals surface area contributed by atoms with Crippen LogP contribution in [0, 0.1) is 5.82 Å². The van der Waals surface area contributed by atoms with E-state index in [1.54, 1.807) is 0 Å².